The summed E-state index contributed by atoms with van der Waals surface area (Å²) in [5.41, 5.74) is 0.869. The lowest BCUT2D eigenvalue weighted by Gasteiger charge is -2.27. The van der Waals surface area contributed by atoms with E-state index in [2.05, 4.69) is 16.1 Å². The van der Waals surface area contributed by atoms with Crippen LogP contribution < -0.4 is 15.4 Å². The fraction of sp³-hybridized carbons (Fsp3) is 0.364. The normalized spacial score (nSPS) is 14.1. The number of alkyl halides is 2. The topological polar surface area (TPSA) is 78.7 Å². The van der Waals surface area contributed by atoms with Crippen LogP contribution in [0.25, 0.3) is 0 Å². The lowest BCUT2D eigenvalue weighted by molar-refractivity contribution is -0.676. The highest BCUT2D eigenvalue weighted by molar-refractivity contribution is 5.78. The Balaban J connectivity index is 2.16. The third-order valence-electron chi connectivity index (χ3n) is 4.95. The Hall–Kier alpha value is -2.98. The van der Waals surface area contributed by atoms with Crippen LogP contribution in [-0.2, 0) is 4.79 Å². The summed E-state index contributed by atoms with van der Waals surface area (Å²) in [7, 11) is 0. The van der Waals surface area contributed by atoms with Crippen molar-refractivity contribution in [2.75, 3.05) is 6.54 Å². The van der Waals surface area contributed by atoms with Gasteiger partial charge in [-0.1, -0.05) is 44.2 Å². The molecule has 0 unspecified atom stereocenters. The molecule has 1 amide bonds. The molecule has 3 N–H and O–H groups in total. The first-order valence-corrected chi connectivity index (χ1v) is 9.40. The molecule has 2 atom stereocenters. The molecule has 0 aromatic heterocycles. The molecule has 0 spiro atoms. The number of nitrogens with two attached hydrogens (primary N) is 1. The van der Waals surface area contributed by atoms with Crippen molar-refractivity contribution in [2.24, 2.45) is 5.92 Å². The predicted molar refractivity (Wildman–Crippen MR) is 105 cm³/mol. The summed E-state index contributed by atoms with van der Waals surface area (Å²) in [6, 6.07) is 17.9. The molecule has 0 aliphatic carbocycles. The molecule has 0 saturated carbocycles. The highest BCUT2D eigenvalue weighted by atomic mass is 19.3. The maximum Gasteiger partial charge on any atom is 0.387 e. The number of carbonyl (C=O) groups is 1. The molecule has 0 aliphatic heterocycles. The van der Waals surface area contributed by atoms with Crippen LogP contribution >= 0.6 is 0 Å². The minimum Gasteiger partial charge on any atom is -0.435 e. The molecule has 29 heavy (non-hydrogen) atoms. The van der Waals surface area contributed by atoms with Gasteiger partial charge in [-0.15, -0.1) is 0 Å². The molecule has 0 heterocycles. The van der Waals surface area contributed by atoms with Crippen molar-refractivity contribution in [3.8, 4) is 11.8 Å². The van der Waals surface area contributed by atoms with E-state index in [4.69, 9.17) is 0 Å². The Labute approximate surface area is 169 Å². The van der Waals surface area contributed by atoms with E-state index in [1.54, 1.807) is 19.1 Å². The summed E-state index contributed by atoms with van der Waals surface area (Å²) >= 11 is 0. The molecule has 2 aromatic rings. The summed E-state index contributed by atoms with van der Waals surface area (Å²) in [6.07, 6.45) is 0. The SMILES string of the molecule is CC(C)[C@](C)(C#N)NC(=O)C[NH2+][C@H](c1ccccc1)c1ccc(OC(F)F)cc1. The van der Waals surface area contributed by atoms with Gasteiger partial charge in [0, 0.05) is 11.1 Å². The van der Waals surface area contributed by atoms with Crippen LogP contribution in [0.4, 0.5) is 8.78 Å². The Bertz CT molecular complexity index is 835. The van der Waals surface area contributed by atoms with Crippen LogP contribution in [0, 0.1) is 17.2 Å². The smallest absolute Gasteiger partial charge is 0.387 e. The molecule has 0 fully saturated rings. The third kappa shape index (κ3) is 6.26. The molecule has 2 rings (SSSR count). The zero-order valence-electron chi connectivity index (χ0n) is 16.7. The van der Waals surface area contributed by atoms with Crippen LogP contribution in [0.15, 0.2) is 54.6 Å². The highest BCUT2D eigenvalue weighted by Gasteiger charge is 2.31. The summed E-state index contributed by atoms with van der Waals surface area (Å²) in [5, 5.41) is 14.0. The van der Waals surface area contributed by atoms with Crippen molar-refractivity contribution in [3.05, 3.63) is 65.7 Å². The minimum absolute atomic E-state index is 0.0382. The predicted octanol–water partition coefficient (Wildman–Crippen LogP) is 3.00. The van der Waals surface area contributed by atoms with E-state index in [0.29, 0.717) is 0 Å². The number of ether oxygens (including phenoxy) is 1. The number of benzene rings is 2. The zero-order chi connectivity index (χ0) is 21.4. The number of nitrogens with zero attached hydrogens (tertiary/aromatic N) is 1. The van der Waals surface area contributed by atoms with Crippen molar-refractivity contribution < 1.29 is 23.6 Å². The molecule has 2 aromatic carbocycles. The number of hydrogen-bond acceptors (Lipinski definition) is 3. The number of hydrogen-bond donors (Lipinski definition) is 2. The lowest BCUT2D eigenvalue weighted by atomic mass is 9.90. The number of rotatable bonds is 9. The van der Waals surface area contributed by atoms with E-state index in [9.17, 15) is 18.8 Å². The van der Waals surface area contributed by atoms with Gasteiger partial charge in [0.25, 0.3) is 5.91 Å². The second-order valence-corrected chi connectivity index (χ2v) is 7.29. The average molecular weight is 402 g/mol. The third-order valence-corrected chi connectivity index (χ3v) is 4.95. The fourth-order valence-corrected chi connectivity index (χ4v) is 2.85. The minimum atomic E-state index is -2.88. The Morgan fingerprint density at radius 2 is 1.72 bits per heavy atom. The van der Waals surface area contributed by atoms with Crippen LogP contribution in [0.2, 0.25) is 0 Å². The highest BCUT2D eigenvalue weighted by Crippen LogP contribution is 2.22. The quantitative estimate of drug-likeness (QED) is 0.677. The molecule has 154 valence electrons. The van der Waals surface area contributed by atoms with E-state index < -0.39 is 12.2 Å². The van der Waals surface area contributed by atoms with Crippen LogP contribution in [0.1, 0.15) is 37.9 Å². The van der Waals surface area contributed by atoms with Gasteiger partial charge in [-0.3, -0.25) is 4.79 Å². The lowest BCUT2D eigenvalue weighted by Crippen LogP contribution is -2.88. The molecular weight excluding hydrogens is 376 g/mol. The van der Waals surface area contributed by atoms with Crippen molar-refractivity contribution in [1.82, 2.24) is 5.32 Å². The Kier molecular flexibility index (Phi) is 7.68. The van der Waals surface area contributed by atoms with E-state index in [0.717, 1.165) is 11.1 Å². The molecular formula is C22H26F2N3O2+. The second-order valence-electron chi connectivity index (χ2n) is 7.29. The number of carbonyl (C=O) groups excluding carboxylic acids is 1. The van der Waals surface area contributed by atoms with Gasteiger partial charge in [-0.2, -0.15) is 14.0 Å². The van der Waals surface area contributed by atoms with Gasteiger partial charge in [-0.25, -0.2) is 0 Å². The van der Waals surface area contributed by atoms with Gasteiger partial charge >= 0.3 is 6.61 Å². The largest absolute Gasteiger partial charge is 0.435 e. The van der Waals surface area contributed by atoms with Gasteiger partial charge in [-0.05, 0) is 37.1 Å². The van der Waals surface area contributed by atoms with Crippen LogP contribution in [0.3, 0.4) is 0 Å². The van der Waals surface area contributed by atoms with Crippen LogP contribution in [0.5, 0.6) is 5.75 Å². The molecule has 0 radical (unpaired) electrons. The maximum atomic E-state index is 12.5. The van der Waals surface area contributed by atoms with Crippen molar-refractivity contribution in [2.45, 2.75) is 39.0 Å². The molecule has 0 saturated heterocycles. The van der Waals surface area contributed by atoms with E-state index in [-0.39, 0.29) is 30.2 Å². The molecule has 7 heteroatoms. The average Bonchev–Trinajstić information content (AvgIpc) is 2.69. The van der Waals surface area contributed by atoms with Gasteiger partial charge in [0.15, 0.2) is 6.54 Å². The van der Waals surface area contributed by atoms with Crippen molar-refractivity contribution in [3.63, 3.8) is 0 Å². The van der Waals surface area contributed by atoms with Gasteiger partial charge in [0.05, 0.1) is 6.07 Å². The van der Waals surface area contributed by atoms with Crippen LogP contribution in [-0.4, -0.2) is 24.6 Å². The summed E-state index contributed by atoms with van der Waals surface area (Å²) in [5.74, 6) is -0.208. The molecule has 0 bridgehead atoms. The first-order chi connectivity index (χ1) is 13.7. The van der Waals surface area contributed by atoms with E-state index in [1.807, 2.05) is 49.5 Å². The van der Waals surface area contributed by atoms with E-state index in [1.165, 1.54) is 12.1 Å². The summed E-state index contributed by atoms with van der Waals surface area (Å²) in [4.78, 5) is 12.5. The number of quaternary nitrogens is 1. The standard InChI is InChI=1S/C22H25F2N3O2/c1-15(2)22(3,14-25)27-19(28)13-26-20(16-7-5-4-6-8-16)17-9-11-18(12-10-17)29-21(23)24/h4-12,15,20-21,26H,13H2,1-3H3,(H,27,28)/p+1/t20-,22+/m1/s1. The Morgan fingerprint density at radius 1 is 1.14 bits per heavy atom. The second kappa shape index (κ2) is 9.99. The molecule has 5 nitrogen and oxygen atoms in total. The Morgan fingerprint density at radius 3 is 2.24 bits per heavy atom. The zero-order valence-corrected chi connectivity index (χ0v) is 16.7. The first-order valence-electron chi connectivity index (χ1n) is 9.40. The van der Waals surface area contributed by atoms with Gasteiger partial charge in [0.2, 0.25) is 0 Å². The number of nitriles is 1. The number of amides is 1. The van der Waals surface area contributed by atoms with Crippen molar-refractivity contribution in [1.29, 1.82) is 5.26 Å². The van der Waals surface area contributed by atoms with Gasteiger partial charge in [0.1, 0.15) is 17.3 Å². The number of nitrogens with one attached hydrogen (secondary N) is 1. The monoisotopic (exact) mass is 402 g/mol. The number of halogens is 2. The van der Waals surface area contributed by atoms with Gasteiger partial charge < -0.3 is 15.4 Å². The van der Waals surface area contributed by atoms with Crippen molar-refractivity contribution >= 4 is 5.91 Å². The first kappa shape index (κ1) is 22.3. The maximum absolute atomic E-state index is 12.5. The summed E-state index contributed by atoms with van der Waals surface area (Å²) in [6.45, 7) is 2.69. The molecule has 0 aliphatic rings. The summed E-state index contributed by atoms with van der Waals surface area (Å²) < 4.78 is 29.2. The fourth-order valence-electron chi connectivity index (χ4n) is 2.85. The van der Waals surface area contributed by atoms with E-state index >= 15 is 0 Å².